The number of carbonyl (C=O) groups is 1. The molecule has 4 nitrogen and oxygen atoms in total. The van der Waals surface area contributed by atoms with Crippen molar-refractivity contribution in [3.05, 3.63) is 0 Å². The summed E-state index contributed by atoms with van der Waals surface area (Å²) in [5.74, 6) is 0.488. The van der Waals surface area contributed by atoms with Gasteiger partial charge in [-0.1, -0.05) is 13.8 Å². The summed E-state index contributed by atoms with van der Waals surface area (Å²) in [6, 6.07) is 0. The van der Waals surface area contributed by atoms with E-state index in [-0.39, 0.29) is 6.10 Å². The molecule has 0 aromatic carbocycles. The van der Waals surface area contributed by atoms with E-state index in [2.05, 4.69) is 19.2 Å². The summed E-state index contributed by atoms with van der Waals surface area (Å²) in [6.45, 7) is 4.53. The Morgan fingerprint density at radius 1 is 1.46 bits per heavy atom. The van der Waals surface area contributed by atoms with Gasteiger partial charge in [0.1, 0.15) is 0 Å². The first-order valence-electron chi connectivity index (χ1n) is 4.67. The molecule has 0 aliphatic heterocycles. The van der Waals surface area contributed by atoms with Gasteiger partial charge in [0.2, 0.25) is 0 Å². The molecule has 78 valence electrons. The molecule has 0 bridgehead atoms. The first-order valence-corrected chi connectivity index (χ1v) is 4.67. The molecule has 0 rings (SSSR count). The number of aliphatic hydroxyl groups excluding tert-OH is 1. The van der Waals surface area contributed by atoms with Gasteiger partial charge in [-0.15, -0.1) is 0 Å². The number of hydrogen-bond acceptors (Lipinski definition) is 2. The summed E-state index contributed by atoms with van der Waals surface area (Å²) >= 11 is 0. The third kappa shape index (κ3) is 9.14. The van der Waals surface area contributed by atoms with Crippen LogP contribution in [0.3, 0.4) is 0 Å². The molecule has 13 heavy (non-hydrogen) atoms. The average molecular weight is 189 g/mol. The summed E-state index contributed by atoms with van der Waals surface area (Å²) in [5, 5.41) is 19.9. The van der Waals surface area contributed by atoms with E-state index in [1.165, 1.54) is 0 Å². The predicted octanol–water partition coefficient (Wildman–Crippen LogP) is 1.44. The number of nitrogens with one attached hydrogen (secondary N) is 1. The highest BCUT2D eigenvalue weighted by Crippen LogP contribution is 2.08. The molecule has 3 N–H and O–H groups in total. The van der Waals surface area contributed by atoms with Gasteiger partial charge in [-0.05, 0) is 25.2 Å². The second-order valence-electron chi connectivity index (χ2n) is 3.66. The summed E-state index contributed by atoms with van der Waals surface area (Å²) in [5.41, 5.74) is 0. The lowest BCUT2D eigenvalue weighted by molar-refractivity contribution is 0.136. The smallest absolute Gasteiger partial charge is 0.404 e. The Bertz CT molecular complexity index is 148. The fourth-order valence-corrected chi connectivity index (χ4v) is 1.20. The van der Waals surface area contributed by atoms with Gasteiger partial charge in [-0.2, -0.15) is 0 Å². The third-order valence-corrected chi connectivity index (χ3v) is 1.73. The van der Waals surface area contributed by atoms with E-state index < -0.39 is 6.09 Å². The monoisotopic (exact) mass is 189 g/mol. The van der Waals surface area contributed by atoms with E-state index in [0.717, 1.165) is 6.42 Å². The molecule has 0 fully saturated rings. The van der Waals surface area contributed by atoms with Crippen molar-refractivity contribution in [2.24, 2.45) is 5.92 Å². The maximum Gasteiger partial charge on any atom is 0.404 e. The SMILES string of the molecule is CC(C)CC(O)CCCNC(=O)O. The molecule has 1 amide bonds. The Morgan fingerprint density at radius 3 is 2.54 bits per heavy atom. The number of carboxylic acid groups (broad SMARTS) is 1. The fourth-order valence-electron chi connectivity index (χ4n) is 1.20. The Balaban J connectivity index is 3.26. The molecule has 0 radical (unpaired) electrons. The Hall–Kier alpha value is -0.770. The van der Waals surface area contributed by atoms with E-state index >= 15 is 0 Å². The number of amides is 1. The highest BCUT2D eigenvalue weighted by molar-refractivity contribution is 5.64. The third-order valence-electron chi connectivity index (χ3n) is 1.73. The lowest BCUT2D eigenvalue weighted by Crippen LogP contribution is -2.23. The largest absolute Gasteiger partial charge is 0.465 e. The van der Waals surface area contributed by atoms with Gasteiger partial charge in [-0.25, -0.2) is 4.79 Å². The zero-order valence-electron chi connectivity index (χ0n) is 8.29. The minimum Gasteiger partial charge on any atom is -0.465 e. The first kappa shape index (κ1) is 12.2. The molecule has 0 saturated heterocycles. The van der Waals surface area contributed by atoms with Crippen LogP contribution in [0.1, 0.15) is 33.1 Å². The molecule has 4 heteroatoms. The molecule has 0 aromatic heterocycles. The van der Waals surface area contributed by atoms with Crippen LogP contribution in [-0.2, 0) is 0 Å². The molecule has 0 saturated carbocycles. The van der Waals surface area contributed by atoms with E-state index in [1.807, 2.05) is 0 Å². The van der Waals surface area contributed by atoms with Gasteiger partial charge in [0.15, 0.2) is 0 Å². The van der Waals surface area contributed by atoms with Crippen LogP contribution in [-0.4, -0.2) is 29.0 Å². The van der Waals surface area contributed by atoms with E-state index in [9.17, 15) is 9.90 Å². The fraction of sp³-hybridized carbons (Fsp3) is 0.889. The zero-order valence-corrected chi connectivity index (χ0v) is 8.29. The van der Waals surface area contributed by atoms with E-state index in [0.29, 0.717) is 25.3 Å². The summed E-state index contributed by atoms with van der Waals surface area (Å²) in [6.07, 6.45) is 0.847. The van der Waals surface area contributed by atoms with Crippen molar-refractivity contribution < 1.29 is 15.0 Å². The molecule has 1 atom stereocenters. The van der Waals surface area contributed by atoms with Crippen LogP contribution in [0.2, 0.25) is 0 Å². The van der Waals surface area contributed by atoms with Crippen molar-refractivity contribution in [2.45, 2.75) is 39.2 Å². The summed E-state index contributed by atoms with van der Waals surface area (Å²) < 4.78 is 0. The summed E-state index contributed by atoms with van der Waals surface area (Å²) in [4.78, 5) is 10.0. The molecule has 0 aliphatic carbocycles. The van der Waals surface area contributed by atoms with Crippen molar-refractivity contribution >= 4 is 6.09 Å². The molecule has 0 heterocycles. The highest BCUT2D eigenvalue weighted by atomic mass is 16.4. The van der Waals surface area contributed by atoms with Gasteiger partial charge in [-0.3, -0.25) is 0 Å². The second-order valence-corrected chi connectivity index (χ2v) is 3.66. The number of rotatable bonds is 6. The van der Waals surface area contributed by atoms with E-state index in [1.54, 1.807) is 0 Å². The van der Waals surface area contributed by atoms with Crippen LogP contribution in [0, 0.1) is 5.92 Å². The molecular weight excluding hydrogens is 170 g/mol. The summed E-state index contributed by atoms with van der Waals surface area (Å²) in [7, 11) is 0. The first-order chi connectivity index (χ1) is 6.02. The average Bonchev–Trinajstić information content (AvgIpc) is 1.96. The standard InChI is InChI=1S/C9H19NO3/c1-7(2)6-8(11)4-3-5-10-9(12)13/h7-8,10-11H,3-6H2,1-2H3,(H,12,13). The quantitative estimate of drug-likeness (QED) is 0.554. The lowest BCUT2D eigenvalue weighted by Gasteiger charge is -2.12. The normalized spacial score (nSPS) is 12.9. The van der Waals surface area contributed by atoms with Gasteiger partial charge in [0.05, 0.1) is 6.10 Å². The topological polar surface area (TPSA) is 69.6 Å². The van der Waals surface area contributed by atoms with Crippen LogP contribution in [0.25, 0.3) is 0 Å². The van der Waals surface area contributed by atoms with Gasteiger partial charge < -0.3 is 15.5 Å². The van der Waals surface area contributed by atoms with Gasteiger partial charge in [0.25, 0.3) is 0 Å². The predicted molar refractivity (Wildman–Crippen MR) is 50.7 cm³/mol. The second kappa shape index (κ2) is 6.71. The van der Waals surface area contributed by atoms with Crippen LogP contribution >= 0.6 is 0 Å². The zero-order chi connectivity index (χ0) is 10.3. The van der Waals surface area contributed by atoms with Crippen LogP contribution < -0.4 is 5.32 Å². The Kier molecular flexibility index (Phi) is 6.32. The van der Waals surface area contributed by atoms with Gasteiger partial charge in [0, 0.05) is 6.54 Å². The molecular formula is C9H19NO3. The van der Waals surface area contributed by atoms with Crippen molar-refractivity contribution in [3.8, 4) is 0 Å². The number of aliphatic hydroxyl groups is 1. The maximum atomic E-state index is 10.0. The van der Waals surface area contributed by atoms with Gasteiger partial charge >= 0.3 is 6.09 Å². The maximum absolute atomic E-state index is 10.0. The number of hydrogen-bond donors (Lipinski definition) is 3. The van der Waals surface area contributed by atoms with Crippen molar-refractivity contribution in [3.63, 3.8) is 0 Å². The molecule has 0 aliphatic rings. The van der Waals surface area contributed by atoms with Crippen molar-refractivity contribution in [2.75, 3.05) is 6.54 Å². The minimum absolute atomic E-state index is 0.296. The van der Waals surface area contributed by atoms with Crippen LogP contribution in [0.5, 0.6) is 0 Å². The molecule has 0 aromatic rings. The Labute approximate surface area is 79.0 Å². The lowest BCUT2D eigenvalue weighted by atomic mass is 10.0. The van der Waals surface area contributed by atoms with Crippen molar-refractivity contribution in [1.29, 1.82) is 0 Å². The molecule has 0 spiro atoms. The van der Waals surface area contributed by atoms with Crippen LogP contribution in [0.4, 0.5) is 4.79 Å². The highest BCUT2D eigenvalue weighted by Gasteiger charge is 2.06. The Morgan fingerprint density at radius 2 is 2.08 bits per heavy atom. The minimum atomic E-state index is -1.00. The van der Waals surface area contributed by atoms with Crippen molar-refractivity contribution in [1.82, 2.24) is 5.32 Å². The molecule has 1 unspecified atom stereocenters. The van der Waals surface area contributed by atoms with Crippen LogP contribution in [0.15, 0.2) is 0 Å². The van der Waals surface area contributed by atoms with E-state index in [4.69, 9.17) is 5.11 Å².